The lowest BCUT2D eigenvalue weighted by molar-refractivity contribution is 0.0707. The minimum atomic E-state index is 0.0810. The average molecular weight is 357 g/mol. The van der Waals surface area contributed by atoms with Crippen LogP contribution in [0.3, 0.4) is 0 Å². The third-order valence-corrected chi connectivity index (χ3v) is 5.91. The number of para-hydroxylation sites is 1. The molecule has 3 aromatic rings. The second-order valence-electron chi connectivity index (χ2n) is 6.12. The molecule has 3 nitrogen and oxygen atoms in total. The maximum Gasteiger partial charge on any atom is 0.253 e. The lowest BCUT2D eigenvalue weighted by Gasteiger charge is -2.32. The molecule has 1 fully saturated rings. The van der Waals surface area contributed by atoms with E-state index in [1.165, 1.54) is 4.70 Å². The number of amides is 1. The molecule has 4 rings (SSSR count). The number of hydrogen-bond acceptors (Lipinski definition) is 3. The van der Waals surface area contributed by atoms with Crippen LogP contribution in [0.4, 0.5) is 0 Å². The van der Waals surface area contributed by atoms with Gasteiger partial charge in [-0.25, -0.2) is 4.98 Å². The number of carbonyl (C=O) groups is 1. The SMILES string of the molecule is O=C(c1ccc(Cl)cc1)N1CCCC(c2nc3ccccc3s2)C1. The van der Waals surface area contributed by atoms with Gasteiger partial charge in [-0.05, 0) is 49.2 Å². The molecule has 5 heteroatoms. The lowest BCUT2D eigenvalue weighted by atomic mass is 9.98. The molecule has 1 aliphatic heterocycles. The highest BCUT2D eigenvalue weighted by Crippen LogP contribution is 2.33. The molecule has 24 heavy (non-hydrogen) atoms. The summed E-state index contributed by atoms with van der Waals surface area (Å²) >= 11 is 7.66. The second kappa shape index (κ2) is 6.54. The number of fused-ring (bicyclic) bond motifs is 1. The van der Waals surface area contributed by atoms with Gasteiger partial charge in [0.1, 0.15) is 0 Å². The number of rotatable bonds is 2. The third-order valence-electron chi connectivity index (χ3n) is 4.46. The topological polar surface area (TPSA) is 33.2 Å². The van der Waals surface area contributed by atoms with Gasteiger partial charge < -0.3 is 4.90 Å². The van der Waals surface area contributed by atoms with Crippen LogP contribution in [-0.2, 0) is 0 Å². The van der Waals surface area contributed by atoms with Crippen LogP contribution >= 0.6 is 22.9 Å². The van der Waals surface area contributed by atoms with Crippen LogP contribution in [0.15, 0.2) is 48.5 Å². The number of nitrogens with zero attached hydrogens (tertiary/aromatic N) is 2. The van der Waals surface area contributed by atoms with Crippen LogP contribution in [0.2, 0.25) is 5.02 Å². The van der Waals surface area contributed by atoms with E-state index in [2.05, 4.69) is 12.1 Å². The van der Waals surface area contributed by atoms with E-state index in [1.54, 1.807) is 35.6 Å². The number of piperidine rings is 1. The fourth-order valence-corrected chi connectivity index (χ4v) is 4.42. The first-order valence-electron chi connectivity index (χ1n) is 8.11. The normalized spacial score (nSPS) is 18.0. The molecule has 0 N–H and O–H groups in total. The molecule has 1 unspecified atom stereocenters. The van der Waals surface area contributed by atoms with Crippen molar-refractivity contribution in [3.63, 3.8) is 0 Å². The van der Waals surface area contributed by atoms with Crippen LogP contribution < -0.4 is 0 Å². The monoisotopic (exact) mass is 356 g/mol. The van der Waals surface area contributed by atoms with Crippen LogP contribution in [0, 0.1) is 0 Å². The highest BCUT2D eigenvalue weighted by Gasteiger charge is 2.27. The van der Waals surface area contributed by atoms with Crippen molar-refractivity contribution < 1.29 is 4.79 Å². The van der Waals surface area contributed by atoms with E-state index in [9.17, 15) is 4.79 Å². The van der Waals surface area contributed by atoms with E-state index in [1.807, 2.05) is 17.0 Å². The van der Waals surface area contributed by atoms with Crippen molar-refractivity contribution in [1.82, 2.24) is 9.88 Å². The zero-order valence-corrected chi connectivity index (χ0v) is 14.7. The quantitative estimate of drug-likeness (QED) is 0.649. The molecule has 2 heterocycles. The molecule has 2 aromatic carbocycles. The molecular weight excluding hydrogens is 340 g/mol. The Bertz CT molecular complexity index is 841. The predicted molar refractivity (Wildman–Crippen MR) is 99.0 cm³/mol. The van der Waals surface area contributed by atoms with Gasteiger partial charge in [0.25, 0.3) is 5.91 Å². The van der Waals surface area contributed by atoms with Crippen LogP contribution in [-0.4, -0.2) is 28.9 Å². The molecule has 0 saturated carbocycles. The van der Waals surface area contributed by atoms with Gasteiger partial charge in [-0.15, -0.1) is 11.3 Å². The summed E-state index contributed by atoms with van der Waals surface area (Å²) in [7, 11) is 0. The number of aromatic nitrogens is 1. The Labute approximate surface area is 149 Å². The predicted octanol–water partition coefficient (Wildman–Crippen LogP) is 4.97. The van der Waals surface area contributed by atoms with Crippen LogP contribution in [0.25, 0.3) is 10.2 Å². The van der Waals surface area contributed by atoms with E-state index in [0.717, 1.165) is 36.5 Å². The molecule has 1 amide bonds. The van der Waals surface area contributed by atoms with Gasteiger partial charge >= 0.3 is 0 Å². The van der Waals surface area contributed by atoms with Crippen LogP contribution in [0.1, 0.15) is 34.1 Å². The van der Waals surface area contributed by atoms with Crippen molar-refractivity contribution in [1.29, 1.82) is 0 Å². The second-order valence-corrected chi connectivity index (χ2v) is 7.62. The molecule has 1 aromatic heterocycles. The fourth-order valence-electron chi connectivity index (χ4n) is 3.20. The van der Waals surface area contributed by atoms with Gasteiger partial charge in [0, 0.05) is 29.6 Å². The Morgan fingerprint density at radius 3 is 2.75 bits per heavy atom. The molecule has 1 aliphatic rings. The Kier molecular flexibility index (Phi) is 4.25. The van der Waals surface area contributed by atoms with Gasteiger partial charge in [0.05, 0.1) is 15.2 Å². The molecule has 1 saturated heterocycles. The number of carbonyl (C=O) groups excluding carboxylic acids is 1. The number of thiazole rings is 1. The minimum Gasteiger partial charge on any atom is -0.338 e. The van der Waals surface area contributed by atoms with E-state index in [0.29, 0.717) is 16.5 Å². The number of halogens is 1. The molecule has 1 atom stereocenters. The van der Waals surface area contributed by atoms with Gasteiger partial charge in [-0.3, -0.25) is 4.79 Å². The van der Waals surface area contributed by atoms with Crippen molar-refractivity contribution in [3.05, 3.63) is 64.1 Å². The highest BCUT2D eigenvalue weighted by atomic mass is 35.5. The largest absolute Gasteiger partial charge is 0.338 e. The maximum absolute atomic E-state index is 12.7. The summed E-state index contributed by atoms with van der Waals surface area (Å²) in [6.45, 7) is 1.55. The first-order valence-corrected chi connectivity index (χ1v) is 9.30. The Morgan fingerprint density at radius 1 is 1.17 bits per heavy atom. The minimum absolute atomic E-state index is 0.0810. The number of hydrogen-bond donors (Lipinski definition) is 0. The fraction of sp³-hybridized carbons (Fsp3) is 0.263. The summed E-state index contributed by atoms with van der Waals surface area (Å²) in [6.07, 6.45) is 2.10. The van der Waals surface area contributed by atoms with Gasteiger partial charge in [0.15, 0.2) is 0 Å². The van der Waals surface area contributed by atoms with E-state index >= 15 is 0 Å². The molecular formula is C19H17ClN2OS. The van der Waals surface area contributed by atoms with Gasteiger partial charge in [-0.1, -0.05) is 23.7 Å². The van der Waals surface area contributed by atoms with E-state index in [-0.39, 0.29) is 5.91 Å². The van der Waals surface area contributed by atoms with Crippen molar-refractivity contribution in [2.24, 2.45) is 0 Å². The molecule has 0 radical (unpaired) electrons. The first kappa shape index (κ1) is 15.6. The summed E-state index contributed by atoms with van der Waals surface area (Å²) in [5.74, 6) is 0.407. The summed E-state index contributed by atoms with van der Waals surface area (Å²) in [4.78, 5) is 19.5. The molecule has 122 valence electrons. The number of likely N-dealkylation sites (tertiary alicyclic amines) is 1. The Morgan fingerprint density at radius 2 is 1.96 bits per heavy atom. The zero-order chi connectivity index (χ0) is 16.5. The maximum atomic E-state index is 12.7. The van der Waals surface area contributed by atoms with Crippen molar-refractivity contribution >= 4 is 39.1 Å². The van der Waals surface area contributed by atoms with E-state index in [4.69, 9.17) is 16.6 Å². The summed E-state index contributed by atoms with van der Waals surface area (Å²) < 4.78 is 1.22. The van der Waals surface area contributed by atoms with Crippen molar-refractivity contribution in [3.8, 4) is 0 Å². The molecule has 0 bridgehead atoms. The average Bonchev–Trinajstić information content (AvgIpc) is 3.06. The van der Waals surface area contributed by atoms with Gasteiger partial charge in [0.2, 0.25) is 0 Å². The van der Waals surface area contributed by atoms with Crippen molar-refractivity contribution in [2.45, 2.75) is 18.8 Å². The highest BCUT2D eigenvalue weighted by molar-refractivity contribution is 7.18. The summed E-state index contributed by atoms with van der Waals surface area (Å²) in [5.41, 5.74) is 1.75. The Balaban J connectivity index is 1.54. The standard InChI is InChI=1S/C19H17ClN2OS/c20-15-9-7-13(8-10-15)19(23)22-11-3-4-14(12-22)18-21-16-5-1-2-6-17(16)24-18/h1-2,5-10,14H,3-4,11-12H2. The Hall–Kier alpha value is -1.91. The molecule has 0 aliphatic carbocycles. The number of benzene rings is 2. The third kappa shape index (κ3) is 3.04. The van der Waals surface area contributed by atoms with Crippen LogP contribution in [0.5, 0.6) is 0 Å². The van der Waals surface area contributed by atoms with Crippen molar-refractivity contribution in [2.75, 3.05) is 13.1 Å². The van der Waals surface area contributed by atoms with E-state index < -0.39 is 0 Å². The zero-order valence-electron chi connectivity index (χ0n) is 13.1. The summed E-state index contributed by atoms with van der Waals surface area (Å²) in [6, 6.07) is 15.3. The smallest absolute Gasteiger partial charge is 0.253 e. The summed E-state index contributed by atoms with van der Waals surface area (Å²) in [5, 5.41) is 1.79. The lowest BCUT2D eigenvalue weighted by Crippen LogP contribution is -2.39. The molecule has 0 spiro atoms. The van der Waals surface area contributed by atoms with Gasteiger partial charge in [-0.2, -0.15) is 0 Å². The first-order chi connectivity index (χ1) is 11.7.